The SMILES string of the molecule is Cc1cccc(NC(=S)Nc2cccc(S(=O)(=O)Nc3ccccc3Cl)c2)c1C. The maximum Gasteiger partial charge on any atom is 0.262 e. The summed E-state index contributed by atoms with van der Waals surface area (Å²) in [7, 11) is -3.80. The number of hydrogen-bond donors (Lipinski definition) is 3. The molecule has 0 amide bonds. The lowest BCUT2D eigenvalue weighted by molar-refractivity contribution is 0.601. The highest BCUT2D eigenvalue weighted by Gasteiger charge is 2.16. The van der Waals surface area contributed by atoms with Crippen molar-refractivity contribution >= 4 is 56.0 Å². The summed E-state index contributed by atoms with van der Waals surface area (Å²) in [5, 5.41) is 6.86. The van der Waals surface area contributed by atoms with Gasteiger partial charge in [-0.15, -0.1) is 0 Å². The third-order valence-electron chi connectivity index (χ3n) is 4.37. The Morgan fingerprint density at radius 2 is 1.59 bits per heavy atom. The molecule has 0 aliphatic rings. The van der Waals surface area contributed by atoms with Crippen molar-refractivity contribution in [1.29, 1.82) is 0 Å². The number of thiocarbonyl (C=S) groups is 1. The van der Waals surface area contributed by atoms with Gasteiger partial charge in [0, 0.05) is 11.4 Å². The maximum atomic E-state index is 12.7. The number of halogens is 1. The second-order valence-corrected chi connectivity index (χ2v) is 8.94. The molecule has 8 heteroatoms. The molecule has 0 heterocycles. The minimum Gasteiger partial charge on any atom is -0.332 e. The van der Waals surface area contributed by atoms with E-state index < -0.39 is 10.0 Å². The summed E-state index contributed by atoms with van der Waals surface area (Å²) in [5.74, 6) is 0. The highest BCUT2D eigenvalue weighted by Crippen LogP contribution is 2.25. The topological polar surface area (TPSA) is 70.2 Å². The molecule has 0 bridgehead atoms. The Kier molecular flexibility index (Phi) is 6.42. The summed E-state index contributed by atoms with van der Waals surface area (Å²) in [5.41, 5.74) is 4.01. The summed E-state index contributed by atoms with van der Waals surface area (Å²) in [4.78, 5) is 0.0944. The van der Waals surface area contributed by atoms with E-state index in [0.717, 1.165) is 16.8 Å². The standard InChI is InChI=1S/C21H20ClN3O2S2/c1-14-7-5-12-19(15(14)2)24-21(28)23-16-8-6-9-17(13-16)29(26,27)25-20-11-4-3-10-18(20)22/h3-13,25H,1-2H3,(H2,23,24,28). The number of rotatable bonds is 5. The first-order valence-corrected chi connectivity index (χ1v) is 11.0. The Morgan fingerprint density at radius 1 is 0.897 bits per heavy atom. The molecule has 0 unspecified atom stereocenters. The summed E-state index contributed by atoms with van der Waals surface area (Å²) in [6, 6.07) is 19.0. The zero-order chi connectivity index (χ0) is 21.0. The molecule has 3 aromatic rings. The summed E-state index contributed by atoms with van der Waals surface area (Å²) in [6.07, 6.45) is 0. The van der Waals surface area contributed by atoms with Crippen LogP contribution in [0.5, 0.6) is 0 Å². The minimum atomic E-state index is -3.80. The average Bonchev–Trinajstić information content (AvgIpc) is 2.67. The number of para-hydroxylation sites is 1. The van der Waals surface area contributed by atoms with Crippen molar-refractivity contribution in [2.24, 2.45) is 0 Å². The molecule has 0 aliphatic carbocycles. The predicted molar refractivity (Wildman–Crippen MR) is 124 cm³/mol. The van der Waals surface area contributed by atoms with Gasteiger partial charge in [-0.1, -0.05) is 41.9 Å². The summed E-state index contributed by atoms with van der Waals surface area (Å²) >= 11 is 11.4. The van der Waals surface area contributed by atoms with E-state index in [1.807, 2.05) is 32.0 Å². The predicted octanol–water partition coefficient (Wildman–Crippen LogP) is 5.57. The Morgan fingerprint density at radius 3 is 2.34 bits per heavy atom. The molecule has 3 rings (SSSR count). The van der Waals surface area contributed by atoms with Crippen molar-refractivity contribution < 1.29 is 8.42 Å². The lowest BCUT2D eigenvalue weighted by Crippen LogP contribution is -2.20. The molecule has 0 radical (unpaired) electrons. The van der Waals surface area contributed by atoms with Crippen LogP contribution in [0.15, 0.2) is 71.6 Å². The monoisotopic (exact) mass is 445 g/mol. The zero-order valence-electron chi connectivity index (χ0n) is 15.9. The molecule has 0 spiro atoms. The minimum absolute atomic E-state index is 0.0944. The van der Waals surface area contributed by atoms with Gasteiger partial charge in [0.25, 0.3) is 10.0 Å². The van der Waals surface area contributed by atoms with E-state index >= 15 is 0 Å². The Bertz CT molecular complexity index is 1160. The fourth-order valence-corrected chi connectivity index (χ4v) is 4.25. The van der Waals surface area contributed by atoms with Crippen molar-refractivity contribution in [2.45, 2.75) is 18.7 Å². The number of hydrogen-bond acceptors (Lipinski definition) is 3. The second kappa shape index (κ2) is 8.82. The van der Waals surface area contributed by atoms with Crippen LogP contribution in [0.2, 0.25) is 5.02 Å². The van der Waals surface area contributed by atoms with Crippen LogP contribution in [-0.4, -0.2) is 13.5 Å². The van der Waals surface area contributed by atoms with E-state index in [2.05, 4.69) is 15.4 Å². The van der Waals surface area contributed by atoms with E-state index in [9.17, 15) is 8.42 Å². The van der Waals surface area contributed by atoms with E-state index in [-0.39, 0.29) is 4.90 Å². The van der Waals surface area contributed by atoms with E-state index in [1.165, 1.54) is 12.1 Å². The van der Waals surface area contributed by atoms with Gasteiger partial charge in [-0.05, 0) is 73.6 Å². The number of aryl methyl sites for hydroxylation is 1. The third-order valence-corrected chi connectivity index (χ3v) is 6.27. The van der Waals surface area contributed by atoms with Crippen LogP contribution in [0, 0.1) is 13.8 Å². The Balaban J connectivity index is 1.76. The normalized spacial score (nSPS) is 11.0. The van der Waals surface area contributed by atoms with Crippen LogP contribution in [-0.2, 0) is 10.0 Å². The molecule has 150 valence electrons. The molecule has 0 saturated heterocycles. The van der Waals surface area contributed by atoms with Gasteiger partial charge >= 0.3 is 0 Å². The lowest BCUT2D eigenvalue weighted by Gasteiger charge is -2.15. The van der Waals surface area contributed by atoms with E-state index in [1.54, 1.807) is 36.4 Å². The molecular weight excluding hydrogens is 426 g/mol. The Labute approximate surface area is 181 Å². The quantitative estimate of drug-likeness (QED) is 0.448. The van der Waals surface area contributed by atoms with Crippen molar-refractivity contribution in [1.82, 2.24) is 0 Å². The molecule has 0 aromatic heterocycles. The van der Waals surface area contributed by atoms with Gasteiger partial charge in [0.2, 0.25) is 0 Å². The van der Waals surface area contributed by atoms with Gasteiger partial charge in [0.15, 0.2) is 5.11 Å². The third kappa shape index (κ3) is 5.26. The summed E-state index contributed by atoms with van der Waals surface area (Å²) in [6.45, 7) is 4.03. The van der Waals surface area contributed by atoms with Gasteiger partial charge in [-0.2, -0.15) is 0 Å². The molecule has 0 saturated carbocycles. The molecule has 3 N–H and O–H groups in total. The Hall–Kier alpha value is -2.61. The van der Waals surface area contributed by atoms with Crippen LogP contribution < -0.4 is 15.4 Å². The zero-order valence-corrected chi connectivity index (χ0v) is 18.3. The first-order valence-electron chi connectivity index (χ1n) is 8.78. The molecule has 5 nitrogen and oxygen atoms in total. The molecule has 0 fully saturated rings. The number of benzene rings is 3. The smallest absolute Gasteiger partial charge is 0.262 e. The molecular formula is C21H20ClN3O2S2. The number of sulfonamides is 1. The first kappa shape index (κ1) is 21.1. The molecule has 29 heavy (non-hydrogen) atoms. The summed E-state index contributed by atoms with van der Waals surface area (Å²) < 4.78 is 27.9. The van der Waals surface area contributed by atoms with Gasteiger partial charge in [0.05, 0.1) is 15.6 Å². The van der Waals surface area contributed by atoms with Crippen LogP contribution in [0.1, 0.15) is 11.1 Å². The van der Waals surface area contributed by atoms with Crippen LogP contribution in [0.4, 0.5) is 17.1 Å². The fraction of sp³-hybridized carbons (Fsp3) is 0.0952. The first-order chi connectivity index (χ1) is 13.8. The van der Waals surface area contributed by atoms with Crippen molar-refractivity contribution in [2.75, 3.05) is 15.4 Å². The highest BCUT2D eigenvalue weighted by molar-refractivity contribution is 7.92. The van der Waals surface area contributed by atoms with Gasteiger partial charge in [0.1, 0.15) is 0 Å². The van der Waals surface area contributed by atoms with Crippen LogP contribution in [0.3, 0.4) is 0 Å². The fourth-order valence-electron chi connectivity index (χ4n) is 2.66. The van der Waals surface area contributed by atoms with Crippen molar-refractivity contribution in [3.05, 3.63) is 82.9 Å². The van der Waals surface area contributed by atoms with Gasteiger partial charge < -0.3 is 10.6 Å². The maximum absolute atomic E-state index is 12.7. The highest BCUT2D eigenvalue weighted by atomic mass is 35.5. The van der Waals surface area contributed by atoms with E-state index in [0.29, 0.717) is 21.5 Å². The number of anilines is 3. The largest absolute Gasteiger partial charge is 0.332 e. The van der Waals surface area contributed by atoms with Gasteiger partial charge in [-0.3, -0.25) is 4.72 Å². The van der Waals surface area contributed by atoms with Crippen molar-refractivity contribution in [3.63, 3.8) is 0 Å². The van der Waals surface area contributed by atoms with Crippen LogP contribution >= 0.6 is 23.8 Å². The molecule has 3 aromatic carbocycles. The second-order valence-electron chi connectivity index (χ2n) is 6.44. The number of nitrogens with one attached hydrogen (secondary N) is 3. The van der Waals surface area contributed by atoms with E-state index in [4.69, 9.17) is 23.8 Å². The van der Waals surface area contributed by atoms with Crippen LogP contribution in [0.25, 0.3) is 0 Å². The molecule has 0 atom stereocenters. The van der Waals surface area contributed by atoms with Gasteiger partial charge in [-0.25, -0.2) is 8.42 Å². The lowest BCUT2D eigenvalue weighted by atomic mass is 10.1. The average molecular weight is 446 g/mol. The molecule has 0 aliphatic heterocycles. The van der Waals surface area contributed by atoms with Crippen molar-refractivity contribution in [3.8, 4) is 0 Å².